The summed E-state index contributed by atoms with van der Waals surface area (Å²) >= 11 is 1.67. The first-order valence-corrected chi connectivity index (χ1v) is 10.5. The molecule has 0 unspecified atom stereocenters. The van der Waals surface area contributed by atoms with Gasteiger partial charge in [0.2, 0.25) is 0 Å². The van der Waals surface area contributed by atoms with Crippen LogP contribution in [-0.4, -0.2) is 71.8 Å². The molecule has 0 bridgehead atoms. The number of carbonyl (C=O) groups is 2. The fraction of sp³-hybridized carbons (Fsp3) is 0.450. The fourth-order valence-electron chi connectivity index (χ4n) is 3.16. The van der Waals surface area contributed by atoms with Gasteiger partial charge >= 0.3 is 0 Å². The van der Waals surface area contributed by atoms with Gasteiger partial charge in [-0.3, -0.25) is 14.5 Å². The number of aryl methyl sites for hydroxylation is 1. The van der Waals surface area contributed by atoms with Crippen molar-refractivity contribution in [2.24, 2.45) is 0 Å². The van der Waals surface area contributed by atoms with Crippen molar-refractivity contribution < 1.29 is 14.1 Å². The van der Waals surface area contributed by atoms with Crippen LogP contribution in [0.15, 0.2) is 39.8 Å². The highest BCUT2D eigenvalue weighted by molar-refractivity contribution is 7.99. The number of amides is 2. The van der Waals surface area contributed by atoms with Crippen molar-refractivity contribution >= 4 is 23.6 Å². The SMILES string of the molecule is CCSc1ccccc1C(=O)NCCN1CCN(C(=O)c2cc(C)on2)CC1. The van der Waals surface area contributed by atoms with Crippen LogP contribution < -0.4 is 5.32 Å². The molecule has 2 aromatic rings. The number of nitrogens with one attached hydrogen (secondary N) is 1. The number of thioether (sulfide) groups is 1. The first kappa shape index (κ1) is 20.4. The van der Waals surface area contributed by atoms with E-state index >= 15 is 0 Å². The second kappa shape index (κ2) is 9.75. The maximum atomic E-state index is 12.5. The highest BCUT2D eigenvalue weighted by Crippen LogP contribution is 2.22. The molecule has 2 amide bonds. The Morgan fingerprint density at radius 2 is 1.96 bits per heavy atom. The Labute approximate surface area is 169 Å². The van der Waals surface area contributed by atoms with Crippen LogP contribution in [-0.2, 0) is 0 Å². The van der Waals surface area contributed by atoms with Gasteiger partial charge in [0.15, 0.2) is 5.69 Å². The van der Waals surface area contributed by atoms with Crippen molar-refractivity contribution in [2.45, 2.75) is 18.7 Å². The van der Waals surface area contributed by atoms with Gasteiger partial charge in [-0.15, -0.1) is 11.8 Å². The van der Waals surface area contributed by atoms with Crippen LogP contribution in [0, 0.1) is 6.92 Å². The van der Waals surface area contributed by atoms with Crippen molar-refractivity contribution in [1.29, 1.82) is 0 Å². The first-order chi connectivity index (χ1) is 13.6. The molecule has 1 aliphatic heterocycles. The molecular weight excluding hydrogens is 376 g/mol. The van der Waals surface area contributed by atoms with Gasteiger partial charge < -0.3 is 14.7 Å². The lowest BCUT2D eigenvalue weighted by Gasteiger charge is -2.34. The van der Waals surface area contributed by atoms with Crippen molar-refractivity contribution in [1.82, 2.24) is 20.3 Å². The molecule has 1 N–H and O–H groups in total. The van der Waals surface area contributed by atoms with Crippen LogP contribution in [0.3, 0.4) is 0 Å². The average Bonchev–Trinajstić information content (AvgIpc) is 3.15. The molecule has 0 saturated carbocycles. The number of piperazine rings is 1. The quantitative estimate of drug-likeness (QED) is 0.716. The maximum absolute atomic E-state index is 12.5. The molecule has 8 heteroatoms. The van der Waals surface area contributed by atoms with Crippen molar-refractivity contribution in [3.63, 3.8) is 0 Å². The Balaban J connectivity index is 1.42. The van der Waals surface area contributed by atoms with E-state index in [9.17, 15) is 9.59 Å². The summed E-state index contributed by atoms with van der Waals surface area (Å²) < 4.78 is 4.98. The van der Waals surface area contributed by atoms with Gasteiger partial charge in [-0.05, 0) is 24.8 Å². The molecule has 0 radical (unpaired) electrons. The van der Waals surface area contributed by atoms with Crippen LogP contribution in [0.1, 0.15) is 33.5 Å². The lowest BCUT2D eigenvalue weighted by molar-refractivity contribution is 0.0628. The number of rotatable bonds is 7. The molecular formula is C20H26N4O3S. The Bertz CT molecular complexity index is 815. The van der Waals surface area contributed by atoms with E-state index in [1.165, 1.54) is 0 Å². The van der Waals surface area contributed by atoms with Crippen LogP contribution in [0.4, 0.5) is 0 Å². The molecule has 0 spiro atoms. The fourth-order valence-corrected chi connectivity index (χ4v) is 3.96. The summed E-state index contributed by atoms with van der Waals surface area (Å²) in [7, 11) is 0. The zero-order chi connectivity index (χ0) is 19.9. The summed E-state index contributed by atoms with van der Waals surface area (Å²) in [5, 5.41) is 6.81. The molecule has 28 heavy (non-hydrogen) atoms. The monoisotopic (exact) mass is 402 g/mol. The van der Waals surface area contributed by atoms with Crippen molar-refractivity contribution in [2.75, 3.05) is 45.0 Å². The third kappa shape index (κ3) is 5.14. The van der Waals surface area contributed by atoms with E-state index in [1.54, 1.807) is 29.7 Å². The van der Waals surface area contributed by atoms with Crippen LogP contribution in [0.5, 0.6) is 0 Å². The number of carbonyl (C=O) groups excluding carboxylic acids is 2. The van der Waals surface area contributed by atoms with Crippen LogP contribution in [0.25, 0.3) is 0 Å². The Morgan fingerprint density at radius 1 is 1.21 bits per heavy atom. The predicted octanol–water partition coefficient (Wildman–Crippen LogP) is 2.28. The van der Waals surface area contributed by atoms with E-state index in [1.807, 2.05) is 24.3 Å². The first-order valence-electron chi connectivity index (χ1n) is 9.53. The zero-order valence-electron chi connectivity index (χ0n) is 16.3. The molecule has 1 aromatic heterocycles. The van der Waals surface area contributed by atoms with Gasteiger partial charge in [0.05, 0.1) is 5.56 Å². The predicted molar refractivity (Wildman–Crippen MR) is 109 cm³/mol. The molecule has 2 heterocycles. The Hall–Kier alpha value is -2.32. The molecule has 0 aliphatic carbocycles. The van der Waals surface area contributed by atoms with Crippen molar-refractivity contribution in [3.05, 3.63) is 47.3 Å². The molecule has 1 fully saturated rings. The second-order valence-electron chi connectivity index (χ2n) is 6.64. The smallest absolute Gasteiger partial charge is 0.276 e. The standard InChI is InChI=1S/C20H26N4O3S/c1-3-28-18-7-5-4-6-16(18)19(25)21-8-9-23-10-12-24(13-11-23)20(26)17-14-15(2)27-22-17/h4-7,14H,3,8-13H2,1-2H3,(H,21,25). The summed E-state index contributed by atoms with van der Waals surface area (Å²) in [4.78, 5) is 29.9. The summed E-state index contributed by atoms with van der Waals surface area (Å²) in [6.07, 6.45) is 0. The van der Waals surface area contributed by atoms with Gasteiger partial charge in [-0.25, -0.2) is 0 Å². The molecule has 1 aliphatic rings. The highest BCUT2D eigenvalue weighted by Gasteiger charge is 2.24. The van der Waals surface area contributed by atoms with Crippen LogP contribution >= 0.6 is 11.8 Å². The van der Waals surface area contributed by atoms with Gasteiger partial charge in [0, 0.05) is 50.2 Å². The largest absolute Gasteiger partial charge is 0.361 e. The van der Waals surface area contributed by atoms with E-state index in [0.29, 0.717) is 31.1 Å². The number of nitrogens with zero attached hydrogens (tertiary/aromatic N) is 3. The normalized spacial score (nSPS) is 14.9. The molecule has 1 saturated heterocycles. The van der Waals surface area contributed by atoms with E-state index in [-0.39, 0.29) is 11.8 Å². The minimum Gasteiger partial charge on any atom is -0.361 e. The van der Waals surface area contributed by atoms with E-state index in [4.69, 9.17) is 4.52 Å². The zero-order valence-corrected chi connectivity index (χ0v) is 17.1. The molecule has 1 aromatic carbocycles. The lowest BCUT2D eigenvalue weighted by Crippen LogP contribution is -2.50. The molecule has 0 atom stereocenters. The summed E-state index contributed by atoms with van der Waals surface area (Å²) in [5.41, 5.74) is 1.09. The van der Waals surface area contributed by atoms with E-state index < -0.39 is 0 Å². The number of hydrogen-bond donors (Lipinski definition) is 1. The number of benzene rings is 1. The molecule has 7 nitrogen and oxygen atoms in total. The van der Waals surface area contributed by atoms with E-state index in [0.717, 1.165) is 35.8 Å². The Kier molecular flexibility index (Phi) is 7.11. The number of hydrogen-bond acceptors (Lipinski definition) is 6. The average molecular weight is 403 g/mol. The highest BCUT2D eigenvalue weighted by atomic mass is 32.2. The minimum atomic E-state index is -0.0881. The summed E-state index contributed by atoms with van der Waals surface area (Å²) in [5.74, 6) is 1.44. The lowest BCUT2D eigenvalue weighted by atomic mass is 10.2. The van der Waals surface area contributed by atoms with Crippen molar-refractivity contribution in [3.8, 4) is 0 Å². The van der Waals surface area contributed by atoms with E-state index in [2.05, 4.69) is 22.3 Å². The third-order valence-corrected chi connectivity index (χ3v) is 5.61. The second-order valence-corrected chi connectivity index (χ2v) is 7.95. The summed E-state index contributed by atoms with van der Waals surface area (Å²) in [6.45, 7) is 8.05. The number of aromatic nitrogens is 1. The summed E-state index contributed by atoms with van der Waals surface area (Å²) in [6, 6.07) is 9.36. The minimum absolute atomic E-state index is 0.0354. The Morgan fingerprint density at radius 3 is 2.64 bits per heavy atom. The third-order valence-electron chi connectivity index (χ3n) is 4.65. The molecule has 150 valence electrons. The molecule has 3 rings (SSSR count). The van der Waals surface area contributed by atoms with Gasteiger partial charge in [0.1, 0.15) is 5.76 Å². The topological polar surface area (TPSA) is 78.7 Å². The van der Waals surface area contributed by atoms with Gasteiger partial charge in [0.25, 0.3) is 11.8 Å². The van der Waals surface area contributed by atoms with Gasteiger partial charge in [-0.2, -0.15) is 0 Å². The maximum Gasteiger partial charge on any atom is 0.276 e. The van der Waals surface area contributed by atoms with Gasteiger partial charge in [-0.1, -0.05) is 24.2 Å². The van der Waals surface area contributed by atoms with Crippen LogP contribution in [0.2, 0.25) is 0 Å².